The Morgan fingerprint density at radius 3 is 2.69 bits per heavy atom. The number of morpholine rings is 1. The molecule has 0 aliphatic carbocycles. The molecule has 0 spiro atoms. The lowest BCUT2D eigenvalue weighted by Gasteiger charge is -2.26. The van der Waals surface area contributed by atoms with Crippen molar-refractivity contribution >= 4 is 17.4 Å². The molecule has 1 amide bonds. The summed E-state index contributed by atoms with van der Waals surface area (Å²) in [5, 5.41) is 6.11. The standard InChI is InChI=1S/C19H25N5O2/c1-14-3-4-16(15(2)11-14)23-18-13-21-17(12-22-18)19(25)20-5-6-24-7-9-26-10-8-24/h3-4,11-13H,5-10H2,1-2H3,(H,20,25)(H,22,23). The zero-order chi connectivity index (χ0) is 18.4. The Balaban J connectivity index is 1.50. The summed E-state index contributed by atoms with van der Waals surface area (Å²) in [6, 6.07) is 6.16. The predicted molar refractivity (Wildman–Crippen MR) is 101 cm³/mol. The van der Waals surface area contributed by atoms with Crippen molar-refractivity contribution in [1.82, 2.24) is 20.2 Å². The van der Waals surface area contributed by atoms with Crippen molar-refractivity contribution < 1.29 is 9.53 Å². The van der Waals surface area contributed by atoms with Crippen LogP contribution < -0.4 is 10.6 Å². The van der Waals surface area contributed by atoms with Gasteiger partial charge in [0.1, 0.15) is 11.5 Å². The lowest BCUT2D eigenvalue weighted by Crippen LogP contribution is -2.41. The Bertz CT molecular complexity index is 742. The third-order valence-corrected chi connectivity index (χ3v) is 4.35. The van der Waals surface area contributed by atoms with Crippen LogP contribution in [0.1, 0.15) is 21.6 Å². The smallest absolute Gasteiger partial charge is 0.271 e. The number of rotatable bonds is 6. The minimum atomic E-state index is -0.205. The van der Waals surface area contributed by atoms with Gasteiger partial charge in [-0.1, -0.05) is 17.7 Å². The van der Waals surface area contributed by atoms with Crippen LogP contribution in [0.4, 0.5) is 11.5 Å². The highest BCUT2D eigenvalue weighted by Gasteiger charge is 2.12. The monoisotopic (exact) mass is 355 g/mol. The van der Waals surface area contributed by atoms with Crippen LogP contribution in [-0.2, 0) is 4.74 Å². The molecule has 0 bridgehead atoms. The maximum atomic E-state index is 12.2. The van der Waals surface area contributed by atoms with Gasteiger partial charge in [-0.25, -0.2) is 9.97 Å². The highest BCUT2D eigenvalue weighted by Crippen LogP contribution is 2.19. The van der Waals surface area contributed by atoms with E-state index in [-0.39, 0.29) is 5.91 Å². The molecule has 2 N–H and O–H groups in total. The molecule has 2 aromatic rings. The van der Waals surface area contributed by atoms with Crippen molar-refractivity contribution in [3.8, 4) is 0 Å². The molecule has 2 heterocycles. The molecule has 26 heavy (non-hydrogen) atoms. The summed E-state index contributed by atoms with van der Waals surface area (Å²) < 4.78 is 5.31. The van der Waals surface area contributed by atoms with E-state index in [4.69, 9.17) is 4.74 Å². The number of aryl methyl sites for hydroxylation is 2. The zero-order valence-corrected chi connectivity index (χ0v) is 15.3. The number of hydrogen-bond acceptors (Lipinski definition) is 6. The summed E-state index contributed by atoms with van der Waals surface area (Å²) in [7, 11) is 0. The number of benzene rings is 1. The quantitative estimate of drug-likeness (QED) is 0.824. The molecule has 1 aromatic carbocycles. The average molecular weight is 355 g/mol. The fourth-order valence-corrected chi connectivity index (χ4v) is 2.84. The van der Waals surface area contributed by atoms with Crippen molar-refractivity contribution in [2.75, 3.05) is 44.7 Å². The van der Waals surface area contributed by atoms with Gasteiger partial charge >= 0.3 is 0 Å². The molecule has 7 nitrogen and oxygen atoms in total. The molecule has 0 radical (unpaired) electrons. The summed E-state index contributed by atoms with van der Waals surface area (Å²) in [5.41, 5.74) is 3.64. The molecule has 7 heteroatoms. The molecule has 1 saturated heterocycles. The van der Waals surface area contributed by atoms with Gasteiger partial charge in [0.05, 0.1) is 25.6 Å². The van der Waals surface area contributed by atoms with E-state index in [1.165, 1.54) is 11.8 Å². The number of nitrogens with one attached hydrogen (secondary N) is 2. The third kappa shape index (κ3) is 5.00. The molecule has 3 rings (SSSR count). The summed E-state index contributed by atoms with van der Waals surface area (Å²) in [6.45, 7) is 8.84. The van der Waals surface area contributed by atoms with Crippen LogP contribution in [0.2, 0.25) is 0 Å². The van der Waals surface area contributed by atoms with Gasteiger partial charge < -0.3 is 15.4 Å². The fourth-order valence-electron chi connectivity index (χ4n) is 2.84. The van der Waals surface area contributed by atoms with Crippen LogP contribution in [0.15, 0.2) is 30.6 Å². The summed E-state index contributed by atoms with van der Waals surface area (Å²) in [6.07, 6.45) is 3.08. The van der Waals surface area contributed by atoms with E-state index >= 15 is 0 Å². The molecular formula is C19H25N5O2. The molecule has 1 aliphatic heterocycles. The Morgan fingerprint density at radius 1 is 1.19 bits per heavy atom. The molecule has 0 atom stereocenters. The molecule has 1 aromatic heterocycles. The Kier molecular flexibility index (Phi) is 6.14. The van der Waals surface area contributed by atoms with Gasteiger partial charge in [0.2, 0.25) is 0 Å². The second-order valence-electron chi connectivity index (χ2n) is 6.44. The van der Waals surface area contributed by atoms with E-state index in [0.717, 1.165) is 44.1 Å². The van der Waals surface area contributed by atoms with Crippen molar-refractivity contribution in [2.45, 2.75) is 13.8 Å². The minimum absolute atomic E-state index is 0.205. The fraction of sp³-hybridized carbons (Fsp3) is 0.421. The molecule has 1 fully saturated rings. The van der Waals surface area contributed by atoms with Crippen molar-refractivity contribution in [3.05, 3.63) is 47.4 Å². The number of nitrogens with zero attached hydrogens (tertiary/aromatic N) is 3. The summed E-state index contributed by atoms with van der Waals surface area (Å²) in [5.74, 6) is 0.408. The predicted octanol–water partition coefficient (Wildman–Crippen LogP) is 1.90. The van der Waals surface area contributed by atoms with E-state index in [0.29, 0.717) is 18.1 Å². The first kappa shape index (κ1) is 18.3. The van der Waals surface area contributed by atoms with Gasteiger partial charge in [-0.3, -0.25) is 9.69 Å². The van der Waals surface area contributed by atoms with E-state index in [9.17, 15) is 4.79 Å². The number of carbonyl (C=O) groups is 1. The number of hydrogen-bond donors (Lipinski definition) is 2. The molecule has 1 aliphatic rings. The first-order valence-electron chi connectivity index (χ1n) is 8.86. The minimum Gasteiger partial charge on any atom is -0.379 e. The number of amides is 1. The van der Waals surface area contributed by atoms with Crippen LogP contribution in [0.3, 0.4) is 0 Å². The van der Waals surface area contributed by atoms with E-state index < -0.39 is 0 Å². The van der Waals surface area contributed by atoms with Crippen LogP contribution in [0.25, 0.3) is 0 Å². The van der Waals surface area contributed by atoms with Gasteiger partial charge in [0.25, 0.3) is 5.91 Å². The van der Waals surface area contributed by atoms with Gasteiger partial charge in [-0.15, -0.1) is 0 Å². The lowest BCUT2D eigenvalue weighted by molar-refractivity contribution is 0.0383. The van der Waals surface area contributed by atoms with Gasteiger partial charge in [0.15, 0.2) is 0 Å². The zero-order valence-electron chi connectivity index (χ0n) is 15.3. The van der Waals surface area contributed by atoms with Gasteiger partial charge in [0, 0.05) is 31.9 Å². The van der Waals surface area contributed by atoms with Crippen molar-refractivity contribution in [2.24, 2.45) is 0 Å². The van der Waals surface area contributed by atoms with E-state index in [1.807, 2.05) is 19.1 Å². The Labute approximate surface area is 153 Å². The second kappa shape index (κ2) is 8.73. The summed E-state index contributed by atoms with van der Waals surface area (Å²) in [4.78, 5) is 23.0. The Hall–Kier alpha value is -2.51. The molecule has 0 unspecified atom stereocenters. The largest absolute Gasteiger partial charge is 0.379 e. The maximum absolute atomic E-state index is 12.2. The van der Waals surface area contributed by atoms with Gasteiger partial charge in [-0.2, -0.15) is 0 Å². The highest BCUT2D eigenvalue weighted by molar-refractivity contribution is 5.92. The topological polar surface area (TPSA) is 79.4 Å². The first-order valence-corrected chi connectivity index (χ1v) is 8.86. The van der Waals surface area contributed by atoms with Crippen LogP contribution in [0, 0.1) is 13.8 Å². The van der Waals surface area contributed by atoms with Crippen LogP contribution in [-0.4, -0.2) is 60.2 Å². The van der Waals surface area contributed by atoms with Gasteiger partial charge in [-0.05, 0) is 25.5 Å². The number of aromatic nitrogens is 2. The van der Waals surface area contributed by atoms with Crippen LogP contribution in [0.5, 0.6) is 0 Å². The Morgan fingerprint density at radius 2 is 2.00 bits per heavy atom. The number of ether oxygens (including phenoxy) is 1. The van der Waals surface area contributed by atoms with Crippen molar-refractivity contribution in [3.63, 3.8) is 0 Å². The van der Waals surface area contributed by atoms with E-state index in [1.54, 1.807) is 6.20 Å². The van der Waals surface area contributed by atoms with Crippen LogP contribution >= 0.6 is 0 Å². The molecule has 0 saturated carbocycles. The third-order valence-electron chi connectivity index (χ3n) is 4.35. The highest BCUT2D eigenvalue weighted by atomic mass is 16.5. The summed E-state index contributed by atoms with van der Waals surface area (Å²) >= 11 is 0. The second-order valence-corrected chi connectivity index (χ2v) is 6.44. The normalized spacial score (nSPS) is 14.8. The van der Waals surface area contributed by atoms with E-state index in [2.05, 4.69) is 38.5 Å². The number of carbonyl (C=O) groups excluding carboxylic acids is 1. The first-order chi connectivity index (χ1) is 12.6. The SMILES string of the molecule is Cc1ccc(Nc2cnc(C(=O)NCCN3CCOCC3)cn2)c(C)c1. The molecule has 138 valence electrons. The average Bonchev–Trinajstić information content (AvgIpc) is 2.65. The molecular weight excluding hydrogens is 330 g/mol. The van der Waals surface area contributed by atoms with Crippen molar-refractivity contribution in [1.29, 1.82) is 0 Å². The lowest BCUT2D eigenvalue weighted by atomic mass is 10.1. The number of anilines is 2. The maximum Gasteiger partial charge on any atom is 0.271 e.